The van der Waals surface area contributed by atoms with Crippen LogP contribution in [-0.2, 0) is 16.0 Å². The summed E-state index contributed by atoms with van der Waals surface area (Å²) in [6.45, 7) is 0.0401. The number of aromatic nitrogens is 1. The first-order valence-electron chi connectivity index (χ1n) is 10.3. The van der Waals surface area contributed by atoms with Crippen LogP contribution < -0.4 is 4.90 Å². The first-order chi connectivity index (χ1) is 15.4. The first-order valence-corrected chi connectivity index (χ1v) is 10.3. The van der Waals surface area contributed by atoms with Crippen LogP contribution in [0.1, 0.15) is 17.7 Å². The SMILES string of the molecule is CN(C[C@@H]1OC(=O)N2c3ccc(-c4ccc(C5=NOC(CO)C5)nc4)cc3C[C@@H]12)C(=O)O. The molecule has 0 spiro atoms. The Balaban J connectivity index is 1.34. The summed E-state index contributed by atoms with van der Waals surface area (Å²) in [6.07, 6.45) is 0.539. The smallest absolute Gasteiger partial charge is 0.415 e. The van der Waals surface area contributed by atoms with E-state index in [0.29, 0.717) is 24.2 Å². The minimum Gasteiger partial charge on any atom is -0.465 e. The van der Waals surface area contributed by atoms with Crippen molar-refractivity contribution in [2.24, 2.45) is 5.16 Å². The fraction of sp³-hybridized carbons (Fsp3) is 0.364. The molecule has 1 saturated heterocycles. The van der Waals surface area contributed by atoms with Crippen molar-refractivity contribution in [3.05, 3.63) is 47.8 Å². The number of benzene rings is 1. The number of fused-ring (bicyclic) bond motifs is 3. The number of nitrogens with zero attached hydrogens (tertiary/aromatic N) is 4. The lowest BCUT2D eigenvalue weighted by atomic mass is 10.00. The second-order valence-corrected chi connectivity index (χ2v) is 8.15. The van der Waals surface area contributed by atoms with Gasteiger partial charge in [-0.25, -0.2) is 9.59 Å². The van der Waals surface area contributed by atoms with Gasteiger partial charge >= 0.3 is 12.2 Å². The molecule has 0 aliphatic carbocycles. The zero-order valence-electron chi connectivity index (χ0n) is 17.3. The summed E-state index contributed by atoms with van der Waals surface area (Å²) in [6, 6.07) is 9.46. The van der Waals surface area contributed by atoms with Crippen LogP contribution in [0.15, 0.2) is 41.7 Å². The highest BCUT2D eigenvalue weighted by atomic mass is 16.6. The maximum absolute atomic E-state index is 12.4. The molecule has 166 valence electrons. The molecule has 0 bridgehead atoms. The third kappa shape index (κ3) is 3.42. The van der Waals surface area contributed by atoms with Gasteiger partial charge in [0.2, 0.25) is 0 Å². The number of rotatable bonds is 5. The van der Waals surface area contributed by atoms with Gasteiger partial charge in [-0.3, -0.25) is 9.88 Å². The zero-order valence-corrected chi connectivity index (χ0v) is 17.3. The molecule has 4 heterocycles. The van der Waals surface area contributed by atoms with E-state index in [1.54, 1.807) is 11.1 Å². The summed E-state index contributed by atoms with van der Waals surface area (Å²) in [4.78, 5) is 36.0. The quantitative estimate of drug-likeness (QED) is 0.732. The monoisotopic (exact) mass is 438 g/mol. The van der Waals surface area contributed by atoms with Crippen molar-refractivity contribution in [1.82, 2.24) is 9.88 Å². The molecule has 1 fully saturated rings. The van der Waals surface area contributed by atoms with Gasteiger partial charge in [0.05, 0.1) is 30.6 Å². The Hall–Kier alpha value is -3.66. The number of oxime groups is 1. The summed E-state index contributed by atoms with van der Waals surface area (Å²) in [5.74, 6) is 0. The molecule has 2 amide bonds. The van der Waals surface area contributed by atoms with Gasteiger partial charge in [0.1, 0.15) is 11.8 Å². The average Bonchev–Trinajstić information content (AvgIpc) is 3.49. The van der Waals surface area contributed by atoms with Gasteiger partial charge in [-0.15, -0.1) is 0 Å². The van der Waals surface area contributed by atoms with Crippen molar-refractivity contribution in [1.29, 1.82) is 0 Å². The number of hydrogen-bond acceptors (Lipinski definition) is 7. The van der Waals surface area contributed by atoms with Crippen molar-refractivity contribution >= 4 is 23.6 Å². The summed E-state index contributed by atoms with van der Waals surface area (Å²) in [7, 11) is 1.46. The molecular formula is C22H22N4O6. The highest BCUT2D eigenvalue weighted by Crippen LogP contribution is 2.40. The molecule has 1 aromatic heterocycles. The number of aliphatic hydroxyl groups excluding tert-OH is 1. The van der Waals surface area contributed by atoms with Crippen LogP contribution in [0.4, 0.5) is 15.3 Å². The van der Waals surface area contributed by atoms with Crippen LogP contribution in [-0.4, -0.2) is 76.4 Å². The number of carbonyl (C=O) groups excluding carboxylic acids is 1. The summed E-state index contributed by atoms with van der Waals surface area (Å²) < 4.78 is 5.43. The van der Waals surface area contributed by atoms with Crippen LogP contribution in [0.25, 0.3) is 11.1 Å². The molecule has 0 saturated carbocycles. The summed E-state index contributed by atoms with van der Waals surface area (Å²) in [5.41, 5.74) is 5.11. The number of amides is 2. The Morgan fingerprint density at radius 2 is 2.06 bits per heavy atom. The molecule has 10 nitrogen and oxygen atoms in total. The Bertz CT molecular complexity index is 1100. The second-order valence-electron chi connectivity index (χ2n) is 8.15. The molecule has 10 heteroatoms. The molecule has 2 N–H and O–H groups in total. The zero-order chi connectivity index (χ0) is 22.4. The van der Waals surface area contributed by atoms with E-state index in [4.69, 9.17) is 14.7 Å². The highest BCUT2D eigenvalue weighted by molar-refractivity contribution is 6.00. The van der Waals surface area contributed by atoms with Crippen molar-refractivity contribution in [3.63, 3.8) is 0 Å². The van der Waals surface area contributed by atoms with E-state index in [2.05, 4.69) is 10.1 Å². The Labute approximate surface area is 183 Å². The van der Waals surface area contributed by atoms with E-state index in [0.717, 1.165) is 27.3 Å². The van der Waals surface area contributed by atoms with Gasteiger partial charge in [0.15, 0.2) is 6.10 Å². The molecule has 3 aliphatic rings. The van der Waals surface area contributed by atoms with Crippen molar-refractivity contribution < 1.29 is 29.4 Å². The van der Waals surface area contributed by atoms with Gasteiger partial charge in [0.25, 0.3) is 0 Å². The Kier molecular flexibility index (Phi) is 4.93. The molecule has 3 atom stereocenters. The average molecular weight is 438 g/mol. The second kappa shape index (κ2) is 7.79. The largest absolute Gasteiger partial charge is 0.465 e. The van der Waals surface area contributed by atoms with E-state index in [1.807, 2.05) is 30.3 Å². The number of carbonyl (C=O) groups is 2. The fourth-order valence-electron chi connectivity index (χ4n) is 4.37. The standard InChI is InChI=1S/C22H22N4O6/c1-25(21(28)29)10-20-19-7-14-6-12(3-5-18(14)26(19)22(30)31-20)13-2-4-16(23-9-13)17-8-15(11-27)32-24-17/h2-6,9,15,19-20,27H,7-8,10-11H2,1H3,(H,28,29)/t15?,19-,20-/m0/s1. The van der Waals surface area contributed by atoms with Gasteiger partial charge < -0.3 is 24.7 Å². The van der Waals surface area contributed by atoms with Gasteiger partial charge in [0, 0.05) is 25.2 Å². The van der Waals surface area contributed by atoms with Crippen molar-refractivity contribution in [3.8, 4) is 11.1 Å². The Morgan fingerprint density at radius 1 is 1.25 bits per heavy atom. The van der Waals surface area contributed by atoms with E-state index in [9.17, 15) is 14.7 Å². The molecule has 32 heavy (non-hydrogen) atoms. The van der Waals surface area contributed by atoms with Crippen LogP contribution >= 0.6 is 0 Å². The van der Waals surface area contributed by atoms with E-state index in [1.165, 1.54) is 7.05 Å². The molecule has 2 aromatic rings. The molecule has 5 rings (SSSR count). The number of hydrogen-bond donors (Lipinski definition) is 2. The lowest BCUT2D eigenvalue weighted by Gasteiger charge is -2.21. The first kappa shape index (κ1) is 20.3. The van der Waals surface area contributed by atoms with E-state index >= 15 is 0 Å². The van der Waals surface area contributed by atoms with Crippen LogP contribution in [0.2, 0.25) is 0 Å². The maximum atomic E-state index is 12.4. The predicted molar refractivity (Wildman–Crippen MR) is 114 cm³/mol. The van der Waals surface area contributed by atoms with Gasteiger partial charge in [-0.2, -0.15) is 0 Å². The third-order valence-electron chi connectivity index (χ3n) is 6.09. The third-order valence-corrected chi connectivity index (χ3v) is 6.09. The number of anilines is 1. The number of aliphatic hydroxyl groups is 1. The normalized spacial score (nSPS) is 23.3. The molecule has 1 aromatic carbocycles. The summed E-state index contributed by atoms with van der Waals surface area (Å²) >= 11 is 0. The molecule has 3 aliphatic heterocycles. The van der Waals surface area contributed by atoms with Gasteiger partial charge in [-0.05, 0) is 35.7 Å². The molecule has 0 radical (unpaired) electrons. The summed E-state index contributed by atoms with van der Waals surface area (Å²) in [5, 5.41) is 22.3. The predicted octanol–water partition coefficient (Wildman–Crippen LogP) is 2.09. The van der Waals surface area contributed by atoms with E-state index in [-0.39, 0.29) is 25.3 Å². The van der Waals surface area contributed by atoms with Crippen molar-refractivity contribution in [2.75, 3.05) is 25.1 Å². The maximum Gasteiger partial charge on any atom is 0.415 e. The van der Waals surface area contributed by atoms with E-state index < -0.39 is 18.3 Å². The van der Waals surface area contributed by atoms with Gasteiger partial charge in [-0.1, -0.05) is 17.3 Å². The van der Waals surface area contributed by atoms with Crippen LogP contribution in [0.5, 0.6) is 0 Å². The lowest BCUT2D eigenvalue weighted by molar-refractivity contribution is 0.0390. The number of likely N-dealkylation sites (N-methyl/N-ethyl adjacent to an activating group) is 1. The molecular weight excluding hydrogens is 416 g/mol. The van der Waals surface area contributed by atoms with Crippen LogP contribution in [0, 0.1) is 0 Å². The minimum absolute atomic E-state index is 0.0841. The minimum atomic E-state index is -1.06. The van der Waals surface area contributed by atoms with Crippen LogP contribution in [0.3, 0.4) is 0 Å². The number of ether oxygens (including phenoxy) is 1. The number of pyridine rings is 1. The Morgan fingerprint density at radius 3 is 2.75 bits per heavy atom. The fourth-order valence-corrected chi connectivity index (χ4v) is 4.37. The molecule has 1 unspecified atom stereocenters. The lowest BCUT2D eigenvalue weighted by Crippen LogP contribution is -2.41. The number of carboxylic acid groups (broad SMARTS) is 1. The van der Waals surface area contributed by atoms with Crippen molar-refractivity contribution in [2.45, 2.75) is 31.1 Å². The highest BCUT2D eigenvalue weighted by Gasteiger charge is 2.48. The number of cyclic esters (lactones) is 1. The topological polar surface area (TPSA) is 125 Å².